The number of likely N-dealkylation sites (N-methyl/N-ethyl adjacent to an activating group) is 1. The summed E-state index contributed by atoms with van der Waals surface area (Å²) >= 11 is 0. The zero-order valence-electron chi connectivity index (χ0n) is 18.0. The maximum absolute atomic E-state index is 12.0. The number of hydrogen-bond acceptors (Lipinski definition) is 6. The molecule has 10 nitrogen and oxygen atoms in total. The first-order valence-corrected chi connectivity index (χ1v) is 10.3. The van der Waals surface area contributed by atoms with E-state index in [4.69, 9.17) is 0 Å². The predicted molar refractivity (Wildman–Crippen MR) is 116 cm³/mol. The predicted octanol–water partition coefficient (Wildman–Crippen LogP) is 0.0915. The molecule has 3 heterocycles. The second kappa shape index (κ2) is 10.6. The molecule has 1 aliphatic heterocycles. The Hall–Kier alpha value is -3.17. The van der Waals surface area contributed by atoms with Gasteiger partial charge in [0.15, 0.2) is 5.96 Å². The minimum atomic E-state index is -0.0199. The second-order valence-electron chi connectivity index (χ2n) is 7.31. The number of piperazine rings is 1. The van der Waals surface area contributed by atoms with Gasteiger partial charge in [0.2, 0.25) is 5.91 Å². The fourth-order valence-electron chi connectivity index (χ4n) is 3.27. The molecule has 0 unspecified atom stereocenters. The normalized spacial score (nSPS) is 14.7. The number of aliphatic imine (C=N–C) groups is 1. The molecule has 2 aromatic rings. The van der Waals surface area contributed by atoms with Crippen molar-refractivity contribution in [3.63, 3.8) is 0 Å². The molecular weight excluding hydrogens is 382 g/mol. The van der Waals surface area contributed by atoms with Crippen molar-refractivity contribution in [3.05, 3.63) is 36.5 Å². The highest BCUT2D eigenvalue weighted by Gasteiger charge is 2.21. The highest BCUT2D eigenvalue weighted by atomic mass is 16.2. The van der Waals surface area contributed by atoms with Gasteiger partial charge < -0.3 is 24.6 Å². The van der Waals surface area contributed by atoms with E-state index in [2.05, 4.69) is 42.2 Å². The molecule has 0 spiro atoms. The number of guanidine groups is 1. The third-order valence-corrected chi connectivity index (χ3v) is 5.06. The van der Waals surface area contributed by atoms with Crippen LogP contribution < -0.4 is 10.2 Å². The van der Waals surface area contributed by atoms with Crippen LogP contribution in [0, 0.1) is 0 Å². The average molecular weight is 414 g/mol. The van der Waals surface area contributed by atoms with Crippen LogP contribution in [-0.4, -0.2) is 94.8 Å². The van der Waals surface area contributed by atoms with Crippen LogP contribution in [0.1, 0.15) is 12.7 Å². The molecule has 3 rings (SSSR count). The van der Waals surface area contributed by atoms with E-state index in [1.165, 1.54) is 0 Å². The van der Waals surface area contributed by atoms with Crippen molar-refractivity contribution in [2.45, 2.75) is 19.9 Å². The minimum Gasteiger partial charge on any atom is -0.354 e. The summed E-state index contributed by atoms with van der Waals surface area (Å²) in [5, 5.41) is 11.5. The number of amides is 1. The van der Waals surface area contributed by atoms with Gasteiger partial charge in [-0.3, -0.25) is 4.79 Å². The highest BCUT2D eigenvalue weighted by molar-refractivity contribution is 5.85. The maximum Gasteiger partial charge on any atom is 0.243 e. The van der Waals surface area contributed by atoms with Crippen molar-refractivity contribution in [1.29, 1.82) is 0 Å². The van der Waals surface area contributed by atoms with Crippen LogP contribution in [0.4, 0.5) is 5.82 Å². The summed E-state index contributed by atoms with van der Waals surface area (Å²) in [6.07, 6.45) is 4.41. The van der Waals surface area contributed by atoms with E-state index < -0.39 is 0 Å². The average Bonchev–Trinajstić information content (AvgIpc) is 3.24. The summed E-state index contributed by atoms with van der Waals surface area (Å²) in [7, 11) is 3.49. The molecule has 0 bridgehead atoms. The van der Waals surface area contributed by atoms with Crippen molar-refractivity contribution in [1.82, 2.24) is 34.9 Å². The number of hydrogen-bond donors (Lipinski definition) is 1. The molecule has 1 saturated heterocycles. The number of rotatable bonds is 7. The van der Waals surface area contributed by atoms with E-state index in [1.54, 1.807) is 25.3 Å². The number of anilines is 1. The molecule has 0 atom stereocenters. The van der Waals surface area contributed by atoms with Gasteiger partial charge in [-0.05, 0) is 12.1 Å². The molecule has 162 valence electrons. The van der Waals surface area contributed by atoms with Gasteiger partial charge in [0, 0.05) is 66.0 Å². The quantitative estimate of drug-likeness (QED) is 0.508. The van der Waals surface area contributed by atoms with Crippen molar-refractivity contribution in [3.8, 4) is 0 Å². The fraction of sp³-hybridized carbons (Fsp3) is 0.550. The standard InChI is InChI=1S/C20H31N9O/c1-4-17-25-24-16-29(17)10-9-22-20(23-15-19(30)26(2)3)28-13-11-27(12-14-28)18-7-5-6-8-21-18/h5-8,16H,4,9-15H2,1-3H3,(H,22,23). The van der Waals surface area contributed by atoms with Crippen molar-refractivity contribution >= 4 is 17.7 Å². The lowest BCUT2D eigenvalue weighted by atomic mass is 10.3. The minimum absolute atomic E-state index is 0.0199. The molecule has 0 saturated carbocycles. The number of aryl methyl sites for hydroxylation is 1. The summed E-state index contributed by atoms with van der Waals surface area (Å²) in [5.74, 6) is 2.69. The van der Waals surface area contributed by atoms with Crippen LogP contribution in [0.3, 0.4) is 0 Å². The Balaban J connectivity index is 1.61. The summed E-state index contributed by atoms with van der Waals surface area (Å²) in [4.78, 5) is 27.1. The summed E-state index contributed by atoms with van der Waals surface area (Å²) in [6, 6.07) is 5.96. The Morgan fingerprint density at radius 2 is 2.03 bits per heavy atom. The Kier molecular flexibility index (Phi) is 7.58. The van der Waals surface area contributed by atoms with Crippen LogP contribution in [0.5, 0.6) is 0 Å². The van der Waals surface area contributed by atoms with Gasteiger partial charge in [0.1, 0.15) is 24.5 Å². The molecule has 0 aliphatic carbocycles. The zero-order chi connectivity index (χ0) is 21.3. The Morgan fingerprint density at radius 1 is 1.23 bits per heavy atom. The Labute approximate surface area is 177 Å². The molecule has 10 heteroatoms. The zero-order valence-corrected chi connectivity index (χ0v) is 18.0. The number of carbonyl (C=O) groups is 1. The van der Waals surface area contributed by atoms with Gasteiger partial charge in [-0.2, -0.15) is 0 Å². The van der Waals surface area contributed by atoms with Crippen molar-refractivity contribution in [2.24, 2.45) is 4.99 Å². The van der Waals surface area contributed by atoms with Crippen molar-refractivity contribution < 1.29 is 4.79 Å². The highest BCUT2D eigenvalue weighted by Crippen LogP contribution is 2.12. The van der Waals surface area contributed by atoms with Crippen LogP contribution in [0.2, 0.25) is 0 Å². The first kappa shape index (κ1) is 21.5. The molecule has 0 radical (unpaired) electrons. The molecule has 1 fully saturated rings. The number of carbonyl (C=O) groups excluding carboxylic acids is 1. The number of pyridine rings is 1. The largest absolute Gasteiger partial charge is 0.354 e. The van der Waals surface area contributed by atoms with Gasteiger partial charge in [-0.25, -0.2) is 9.98 Å². The van der Waals surface area contributed by atoms with Crippen LogP contribution in [-0.2, 0) is 17.8 Å². The lowest BCUT2D eigenvalue weighted by molar-refractivity contribution is -0.127. The molecule has 1 amide bonds. The molecular formula is C20H31N9O. The van der Waals surface area contributed by atoms with E-state index >= 15 is 0 Å². The van der Waals surface area contributed by atoms with Crippen molar-refractivity contribution in [2.75, 3.05) is 58.3 Å². The smallest absolute Gasteiger partial charge is 0.243 e. The summed E-state index contributed by atoms with van der Waals surface area (Å²) < 4.78 is 2.04. The van der Waals surface area contributed by atoms with Crippen LogP contribution in [0.15, 0.2) is 35.7 Å². The number of aromatic nitrogens is 4. The van der Waals surface area contributed by atoms with E-state index in [0.29, 0.717) is 6.54 Å². The molecule has 1 N–H and O–H groups in total. The Bertz CT molecular complexity index is 826. The third-order valence-electron chi connectivity index (χ3n) is 5.06. The fourth-order valence-corrected chi connectivity index (χ4v) is 3.27. The van der Waals surface area contributed by atoms with Gasteiger partial charge >= 0.3 is 0 Å². The van der Waals surface area contributed by atoms with E-state index in [0.717, 1.165) is 56.7 Å². The van der Waals surface area contributed by atoms with E-state index in [-0.39, 0.29) is 12.5 Å². The van der Waals surface area contributed by atoms with E-state index in [1.807, 2.05) is 29.0 Å². The van der Waals surface area contributed by atoms with Gasteiger partial charge in [0.25, 0.3) is 0 Å². The van der Waals surface area contributed by atoms with Gasteiger partial charge in [0.05, 0.1) is 0 Å². The monoisotopic (exact) mass is 413 g/mol. The third kappa shape index (κ3) is 5.68. The number of nitrogens with one attached hydrogen (secondary N) is 1. The second-order valence-corrected chi connectivity index (χ2v) is 7.31. The Morgan fingerprint density at radius 3 is 2.70 bits per heavy atom. The molecule has 1 aliphatic rings. The maximum atomic E-state index is 12.0. The number of nitrogens with zero attached hydrogens (tertiary/aromatic N) is 8. The van der Waals surface area contributed by atoms with Gasteiger partial charge in [-0.15, -0.1) is 10.2 Å². The molecule has 0 aromatic carbocycles. The lowest BCUT2D eigenvalue weighted by Gasteiger charge is -2.37. The first-order valence-electron chi connectivity index (χ1n) is 10.3. The van der Waals surface area contributed by atoms with E-state index in [9.17, 15) is 4.79 Å². The molecule has 30 heavy (non-hydrogen) atoms. The lowest BCUT2D eigenvalue weighted by Crippen LogP contribution is -2.53. The summed E-state index contributed by atoms with van der Waals surface area (Å²) in [6.45, 7) is 6.94. The van der Waals surface area contributed by atoms with Gasteiger partial charge in [-0.1, -0.05) is 13.0 Å². The summed E-state index contributed by atoms with van der Waals surface area (Å²) in [5.41, 5.74) is 0. The van der Waals surface area contributed by atoms with Crippen LogP contribution >= 0.6 is 0 Å². The molecule has 2 aromatic heterocycles. The topological polar surface area (TPSA) is 94.8 Å². The SMILES string of the molecule is CCc1nncn1CCNC(=NCC(=O)N(C)C)N1CCN(c2ccccn2)CC1. The van der Waals surface area contributed by atoms with Crippen LogP contribution in [0.25, 0.3) is 0 Å². The first-order chi connectivity index (χ1) is 14.6.